The molecule has 170 valence electrons. The maximum Gasteiger partial charge on any atom is 0.240 e. The molecule has 0 saturated carbocycles. The van der Waals surface area contributed by atoms with E-state index >= 15 is 0 Å². The largest absolute Gasteiger partial charge is 0.394 e. The van der Waals surface area contributed by atoms with Crippen LogP contribution in [0.25, 0.3) is 11.4 Å². The monoisotopic (exact) mass is 457 g/mol. The van der Waals surface area contributed by atoms with Crippen LogP contribution in [0.5, 0.6) is 0 Å². The second kappa shape index (κ2) is 9.86. The Hall–Kier alpha value is -2.66. The van der Waals surface area contributed by atoms with Crippen molar-refractivity contribution in [1.29, 1.82) is 0 Å². The molecular weight excluding hydrogens is 430 g/mol. The number of benzene rings is 1. The normalized spacial score (nSPS) is 21.5. The Morgan fingerprint density at radius 1 is 1.19 bits per heavy atom. The maximum atomic E-state index is 12.8. The van der Waals surface area contributed by atoms with Crippen molar-refractivity contribution >= 4 is 10.0 Å². The summed E-state index contributed by atoms with van der Waals surface area (Å²) in [6, 6.07) is 11.9. The van der Waals surface area contributed by atoms with Gasteiger partial charge >= 0.3 is 0 Å². The molecular formula is C22H27N5O4S. The van der Waals surface area contributed by atoms with Crippen LogP contribution in [0.4, 0.5) is 0 Å². The molecule has 4 rings (SSSR count). The smallest absolute Gasteiger partial charge is 0.240 e. The molecule has 1 saturated heterocycles. The van der Waals surface area contributed by atoms with E-state index in [2.05, 4.69) is 20.0 Å². The molecule has 0 bridgehead atoms. The Labute approximate surface area is 187 Å². The summed E-state index contributed by atoms with van der Waals surface area (Å²) in [5, 5.41) is 18.1. The number of hydrogen-bond acceptors (Lipinski definition) is 7. The number of pyridine rings is 1. The number of aliphatic hydroxyl groups is 1. The Bertz CT molecular complexity index is 1140. The number of aromatic nitrogens is 4. The topological polar surface area (TPSA) is 119 Å². The fraction of sp³-hybridized carbons (Fsp3) is 0.409. The minimum Gasteiger partial charge on any atom is -0.394 e. The number of aliphatic hydroxyl groups excluding tert-OH is 1. The molecule has 3 atom stereocenters. The van der Waals surface area contributed by atoms with Crippen molar-refractivity contribution in [2.24, 2.45) is 0 Å². The lowest BCUT2D eigenvalue weighted by Gasteiger charge is -2.36. The van der Waals surface area contributed by atoms with Crippen LogP contribution >= 0.6 is 0 Å². The second-order valence-corrected chi connectivity index (χ2v) is 9.69. The van der Waals surface area contributed by atoms with E-state index in [0.717, 1.165) is 11.3 Å². The van der Waals surface area contributed by atoms with E-state index < -0.39 is 22.2 Å². The third-order valence-electron chi connectivity index (χ3n) is 5.55. The molecule has 9 nitrogen and oxygen atoms in total. The Morgan fingerprint density at radius 3 is 2.81 bits per heavy atom. The molecule has 1 aromatic carbocycles. The average molecular weight is 458 g/mol. The summed E-state index contributed by atoms with van der Waals surface area (Å²) in [5.74, 6) is 0. The van der Waals surface area contributed by atoms with E-state index in [1.807, 2.05) is 37.4 Å². The summed E-state index contributed by atoms with van der Waals surface area (Å²) in [5.41, 5.74) is 2.33. The third kappa shape index (κ3) is 5.39. The zero-order chi connectivity index (χ0) is 22.6. The van der Waals surface area contributed by atoms with Gasteiger partial charge in [-0.05, 0) is 56.0 Å². The van der Waals surface area contributed by atoms with Gasteiger partial charge in [0.05, 0.1) is 41.6 Å². The first kappa shape index (κ1) is 22.5. The molecule has 32 heavy (non-hydrogen) atoms. The summed E-state index contributed by atoms with van der Waals surface area (Å²) in [6.45, 7) is 2.19. The average Bonchev–Trinajstić information content (AvgIpc) is 3.28. The highest BCUT2D eigenvalue weighted by molar-refractivity contribution is 7.89. The lowest BCUT2D eigenvalue weighted by Crippen LogP contribution is -2.50. The van der Waals surface area contributed by atoms with Crippen molar-refractivity contribution in [2.45, 2.75) is 55.9 Å². The van der Waals surface area contributed by atoms with Crippen molar-refractivity contribution in [1.82, 2.24) is 24.7 Å². The van der Waals surface area contributed by atoms with Crippen LogP contribution in [0.2, 0.25) is 0 Å². The summed E-state index contributed by atoms with van der Waals surface area (Å²) < 4.78 is 36.0. The first-order valence-electron chi connectivity index (χ1n) is 10.6. The van der Waals surface area contributed by atoms with E-state index in [9.17, 15) is 13.5 Å². The second-order valence-electron chi connectivity index (χ2n) is 7.97. The number of nitrogens with one attached hydrogen (secondary N) is 1. The molecule has 0 aliphatic carbocycles. The Balaban J connectivity index is 1.33. The van der Waals surface area contributed by atoms with Crippen molar-refractivity contribution in [3.63, 3.8) is 0 Å². The number of nitrogens with zero attached hydrogens (tertiary/aromatic N) is 4. The van der Waals surface area contributed by atoms with Crippen LogP contribution in [0.3, 0.4) is 0 Å². The fourth-order valence-corrected chi connectivity index (χ4v) is 5.25. The molecule has 0 spiro atoms. The van der Waals surface area contributed by atoms with Gasteiger partial charge in [0.15, 0.2) is 0 Å². The van der Waals surface area contributed by atoms with Crippen LogP contribution in [0.1, 0.15) is 24.8 Å². The molecule has 1 aliphatic rings. The first-order chi connectivity index (χ1) is 15.4. The number of hydrogen-bond donors (Lipinski definition) is 2. The van der Waals surface area contributed by atoms with E-state index in [0.29, 0.717) is 31.5 Å². The van der Waals surface area contributed by atoms with Gasteiger partial charge in [0.2, 0.25) is 10.0 Å². The number of ether oxygens (including phenoxy) is 1. The zero-order valence-electron chi connectivity index (χ0n) is 17.8. The van der Waals surface area contributed by atoms with Gasteiger partial charge in [0, 0.05) is 12.7 Å². The minimum absolute atomic E-state index is 0.102. The molecule has 3 heterocycles. The fourth-order valence-electron chi connectivity index (χ4n) is 3.84. The van der Waals surface area contributed by atoms with Crippen LogP contribution in [0, 0.1) is 6.92 Å². The standard InChI is InChI=1S/C22H27N5O4S/c1-16-5-4-6-18(13-16)32(29,30)25-20-9-8-17(31-22(20)15-28)10-12-27-14-21(24-26-27)19-7-2-3-11-23-19/h2-7,11,13-14,17,20,22,25,28H,8-10,12,15H2,1H3/t17-,20-,22-/m0/s1. The zero-order valence-corrected chi connectivity index (χ0v) is 18.6. The third-order valence-corrected chi connectivity index (χ3v) is 7.04. The maximum absolute atomic E-state index is 12.8. The minimum atomic E-state index is -3.69. The highest BCUT2D eigenvalue weighted by Gasteiger charge is 2.34. The summed E-state index contributed by atoms with van der Waals surface area (Å²) >= 11 is 0. The molecule has 0 radical (unpaired) electrons. The molecule has 1 fully saturated rings. The van der Waals surface area contributed by atoms with Gasteiger partial charge in [0.25, 0.3) is 0 Å². The molecule has 2 aromatic heterocycles. The van der Waals surface area contributed by atoms with Gasteiger partial charge in [-0.3, -0.25) is 9.67 Å². The first-order valence-corrected chi connectivity index (χ1v) is 12.1. The van der Waals surface area contributed by atoms with Crippen LogP contribution in [-0.4, -0.2) is 58.4 Å². The van der Waals surface area contributed by atoms with Gasteiger partial charge in [-0.2, -0.15) is 0 Å². The SMILES string of the molecule is Cc1cccc(S(=O)(=O)N[C@H]2CC[C@@H](CCn3cc(-c4ccccn4)nn3)O[C@H]2CO)c1. The van der Waals surface area contributed by atoms with E-state index in [-0.39, 0.29) is 17.6 Å². The van der Waals surface area contributed by atoms with Crippen molar-refractivity contribution < 1.29 is 18.3 Å². The highest BCUT2D eigenvalue weighted by atomic mass is 32.2. The predicted molar refractivity (Wildman–Crippen MR) is 118 cm³/mol. The molecule has 2 N–H and O–H groups in total. The van der Waals surface area contributed by atoms with E-state index in [4.69, 9.17) is 4.74 Å². The van der Waals surface area contributed by atoms with Gasteiger partial charge in [-0.25, -0.2) is 13.1 Å². The van der Waals surface area contributed by atoms with Gasteiger partial charge < -0.3 is 9.84 Å². The van der Waals surface area contributed by atoms with Crippen molar-refractivity contribution in [3.05, 3.63) is 60.4 Å². The number of sulfonamides is 1. The van der Waals surface area contributed by atoms with Crippen molar-refractivity contribution in [2.75, 3.05) is 6.61 Å². The van der Waals surface area contributed by atoms with Crippen LogP contribution < -0.4 is 4.72 Å². The summed E-state index contributed by atoms with van der Waals surface area (Å²) in [6.07, 6.45) is 4.79. The van der Waals surface area contributed by atoms with E-state index in [1.54, 1.807) is 29.1 Å². The van der Waals surface area contributed by atoms with Gasteiger partial charge in [-0.15, -0.1) is 5.10 Å². The van der Waals surface area contributed by atoms with Gasteiger partial charge in [0.1, 0.15) is 5.69 Å². The van der Waals surface area contributed by atoms with E-state index in [1.165, 1.54) is 0 Å². The number of rotatable bonds is 8. The summed E-state index contributed by atoms with van der Waals surface area (Å²) in [4.78, 5) is 4.49. The quantitative estimate of drug-likeness (QED) is 0.530. The van der Waals surface area contributed by atoms with Crippen LogP contribution in [0.15, 0.2) is 59.8 Å². The predicted octanol–water partition coefficient (Wildman–Crippen LogP) is 1.93. The highest BCUT2D eigenvalue weighted by Crippen LogP contribution is 2.24. The lowest BCUT2D eigenvalue weighted by atomic mass is 9.98. The Kier molecular flexibility index (Phi) is 6.95. The van der Waals surface area contributed by atoms with Crippen LogP contribution in [-0.2, 0) is 21.3 Å². The molecule has 0 amide bonds. The summed E-state index contributed by atoms with van der Waals surface area (Å²) in [7, 11) is -3.69. The van der Waals surface area contributed by atoms with Gasteiger partial charge in [-0.1, -0.05) is 23.4 Å². The van der Waals surface area contributed by atoms with Crippen molar-refractivity contribution in [3.8, 4) is 11.4 Å². The molecule has 10 heteroatoms. The molecule has 1 aliphatic heterocycles. The molecule has 3 aromatic rings. The lowest BCUT2D eigenvalue weighted by molar-refractivity contribution is -0.0891. The number of aryl methyl sites for hydroxylation is 2. The molecule has 0 unspecified atom stereocenters. The Morgan fingerprint density at radius 2 is 2.06 bits per heavy atom.